The summed E-state index contributed by atoms with van der Waals surface area (Å²) in [6, 6.07) is 21.3. The second kappa shape index (κ2) is 14.7. The molecule has 14 nitrogen and oxygen atoms in total. The predicted molar refractivity (Wildman–Crippen MR) is 174 cm³/mol. The molecule has 1 aliphatic heterocycles. The van der Waals surface area contributed by atoms with Crippen molar-refractivity contribution >= 4 is 43.6 Å². The Hall–Kier alpha value is -5.55. The number of rotatable bonds is 5. The minimum Gasteiger partial charge on any atom is -0.295 e. The van der Waals surface area contributed by atoms with Crippen molar-refractivity contribution in [2.45, 2.75) is 23.6 Å². The largest absolute Gasteiger partial charge is 0.295 e. The topological polar surface area (TPSA) is 205 Å². The fourth-order valence-corrected chi connectivity index (χ4v) is 5.03. The minimum atomic E-state index is -4.39. The second-order valence-corrected chi connectivity index (χ2v) is 12.5. The lowest BCUT2D eigenvalue weighted by atomic mass is 10.1. The van der Waals surface area contributed by atoms with E-state index in [1.807, 2.05) is 36.4 Å². The van der Waals surface area contributed by atoms with E-state index in [9.17, 15) is 26.4 Å². The number of hydrazone groups is 1. The highest BCUT2D eigenvalue weighted by atomic mass is 32.2. The molecule has 47 heavy (non-hydrogen) atoms. The Bertz CT molecular complexity index is 2100. The number of benzene rings is 2. The van der Waals surface area contributed by atoms with Crippen LogP contribution in [0.25, 0.3) is 11.8 Å². The number of pyridine rings is 2. The van der Waals surface area contributed by atoms with Gasteiger partial charge in [-0.25, -0.2) is 4.68 Å². The van der Waals surface area contributed by atoms with E-state index in [-0.39, 0.29) is 26.6 Å². The third-order valence-corrected chi connectivity index (χ3v) is 8.11. The number of carbonyl (C=O) groups is 1. The Morgan fingerprint density at radius 3 is 1.51 bits per heavy atom. The van der Waals surface area contributed by atoms with Gasteiger partial charge in [-0.1, -0.05) is 12.1 Å². The molecular weight excluding hydrogens is 649 g/mol. The number of H-pyrrole nitrogens is 1. The maximum Gasteiger partial charge on any atom is 0.294 e. The first-order valence-electron chi connectivity index (χ1n) is 13.6. The van der Waals surface area contributed by atoms with E-state index in [0.29, 0.717) is 17.1 Å². The zero-order valence-corrected chi connectivity index (χ0v) is 26.5. The Labute approximate surface area is 269 Å². The Morgan fingerprint density at radius 2 is 1.13 bits per heavy atom. The van der Waals surface area contributed by atoms with Crippen LogP contribution in [0.3, 0.4) is 0 Å². The molecule has 0 unspecified atom stereocenters. The minimum absolute atomic E-state index is 0.136. The maximum absolute atomic E-state index is 13.0. The molecule has 1 amide bonds. The van der Waals surface area contributed by atoms with E-state index in [2.05, 4.69) is 20.2 Å². The van der Waals surface area contributed by atoms with Crippen LogP contribution in [-0.4, -0.2) is 57.3 Å². The Morgan fingerprint density at radius 1 is 0.681 bits per heavy atom. The lowest BCUT2D eigenvalue weighted by Crippen LogP contribution is -2.22. The Balaban J connectivity index is 0.000000346. The SMILES string of the molecule is CC1=NN(c2ccc(S(=O)(=O)O)cc2)C(=O)/C1=C\c1c(C)[nH]n(-c2ccc(S(=O)(=O)O)cc2)c1=O.c1ccncc1.c1ccncc1. The molecule has 6 rings (SSSR count). The smallest absolute Gasteiger partial charge is 0.294 e. The predicted octanol–water partition coefficient (Wildman–Crippen LogP) is 3.94. The number of anilines is 1. The van der Waals surface area contributed by atoms with Crippen LogP contribution in [0.15, 0.2) is 135 Å². The molecule has 242 valence electrons. The first-order valence-corrected chi connectivity index (χ1v) is 16.4. The molecule has 0 bridgehead atoms. The van der Waals surface area contributed by atoms with Crippen molar-refractivity contribution in [3.8, 4) is 5.69 Å². The van der Waals surface area contributed by atoms with Crippen LogP contribution < -0.4 is 10.6 Å². The molecular formula is C31H28N6O8S2. The third-order valence-electron chi connectivity index (χ3n) is 6.37. The highest BCUT2D eigenvalue weighted by Crippen LogP contribution is 2.26. The summed E-state index contributed by atoms with van der Waals surface area (Å²) < 4.78 is 64.3. The van der Waals surface area contributed by atoms with Gasteiger partial charge in [-0.2, -0.15) is 26.9 Å². The average molecular weight is 677 g/mol. The number of nitrogens with one attached hydrogen (secondary N) is 1. The number of aromatic nitrogens is 4. The van der Waals surface area contributed by atoms with Gasteiger partial charge in [-0.15, -0.1) is 0 Å². The van der Waals surface area contributed by atoms with Crippen molar-refractivity contribution in [1.82, 2.24) is 19.7 Å². The number of nitrogens with zero attached hydrogens (tertiary/aromatic N) is 5. The maximum atomic E-state index is 13.0. The first-order chi connectivity index (χ1) is 22.3. The van der Waals surface area contributed by atoms with E-state index >= 15 is 0 Å². The summed E-state index contributed by atoms with van der Waals surface area (Å²) >= 11 is 0. The van der Waals surface area contributed by atoms with Crippen molar-refractivity contribution in [2.24, 2.45) is 5.10 Å². The highest BCUT2D eigenvalue weighted by Gasteiger charge is 2.30. The van der Waals surface area contributed by atoms with E-state index < -0.39 is 31.7 Å². The molecule has 0 radical (unpaired) electrons. The van der Waals surface area contributed by atoms with Gasteiger partial charge in [0.05, 0.1) is 38.0 Å². The molecule has 16 heteroatoms. The molecule has 0 saturated carbocycles. The number of hydrogen-bond acceptors (Lipinski definition) is 9. The summed E-state index contributed by atoms with van der Waals surface area (Å²) in [5.41, 5.74) is 1.11. The second-order valence-electron chi connectivity index (χ2n) is 9.64. The molecule has 0 fully saturated rings. The number of aromatic amines is 1. The monoisotopic (exact) mass is 676 g/mol. The fraction of sp³-hybridized carbons (Fsp3) is 0.0645. The van der Waals surface area contributed by atoms with Gasteiger partial charge in [-0.05, 0) is 92.7 Å². The van der Waals surface area contributed by atoms with Crippen molar-refractivity contribution in [2.75, 3.05) is 5.01 Å². The molecule has 1 aliphatic rings. The molecule has 4 heterocycles. The lowest BCUT2D eigenvalue weighted by molar-refractivity contribution is -0.114. The van der Waals surface area contributed by atoms with Crippen LogP contribution >= 0.6 is 0 Å². The van der Waals surface area contributed by atoms with Gasteiger partial charge in [0, 0.05) is 30.5 Å². The summed E-state index contributed by atoms with van der Waals surface area (Å²) in [6.45, 7) is 3.19. The van der Waals surface area contributed by atoms with Gasteiger partial charge in [0.25, 0.3) is 31.7 Å². The molecule has 0 saturated heterocycles. The van der Waals surface area contributed by atoms with Crippen LogP contribution in [0.4, 0.5) is 5.69 Å². The van der Waals surface area contributed by atoms with Gasteiger partial charge in [0.2, 0.25) is 0 Å². The molecule has 0 spiro atoms. The van der Waals surface area contributed by atoms with Gasteiger partial charge in [0.1, 0.15) is 0 Å². The van der Waals surface area contributed by atoms with E-state index in [1.165, 1.54) is 30.3 Å². The van der Waals surface area contributed by atoms with E-state index in [1.54, 1.807) is 38.6 Å². The zero-order valence-electron chi connectivity index (χ0n) is 24.9. The molecule has 0 atom stereocenters. The van der Waals surface area contributed by atoms with Crippen LogP contribution in [0.1, 0.15) is 18.2 Å². The van der Waals surface area contributed by atoms with Gasteiger partial charge in [0.15, 0.2) is 0 Å². The summed E-state index contributed by atoms with van der Waals surface area (Å²) in [5.74, 6) is -0.550. The summed E-state index contributed by atoms with van der Waals surface area (Å²) in [4.78, 5) is 32.9. The summed E-state index contributed by atoms with van der Waals surface area (Å²) in [7, 11) is -8.78. The summed E-state index contributed by atoms with van der Waals surface area (Å²) in [6.07, 6.45) is 8.38. The molecule has 5 aromatic rings. The normalized spacial score (nSPS) is 13.7. The summed E-state index contributed by atoms with van der Waals surface area (Å²) in [5, 5.41) is 8.09. The molecule has 3 aromatic heterocycles. The molecule has 2 aromatic carbocycles. The quantitative estimate of drug-likeness (QED) is 0.181. The van der Waals surface area contributed by atoms with Crippen molar-refractivity contribution in [1.29, 1.82) is 0 Å². The number of amides is 1. The zero-order chi connectivity index (χ0) is 34.2. The van der Waals surface area contributed by atoms with Crippen molar-refractivity contribution < 1.29 is 30.7 Å². The fourth-order valence-electron chi connectivity index (χ4n) is 4.07. The van der Waals surface area contributed by atoms with Gasteiger partial charge < -0.3 is 0 Å². The van der Waals surface area contributed by atoms with Gasteiger partial charge >= 0.3 is 0 Å². The molecule has 3 N–H and O–H groups in total. The number of aryl methyl sites for hydroxylation is 1. The van der Waals surface area contributed by atoms with Crippen LogP contribution in [0.2, 0.25) is 0 Å². The standard InChI is InChI=1S/C21H18N4O8S2.2C5H5N/c1-12-18(20(26)24(22-12)14-3-7-16(8-4-14)34(28,29)30)11-19-13(2)23-25(21(19)27)15-5-9-17(10-6-15)35(31,32)33;2*1-2-4-6-5-3-1/h3-11,22H,1-2H3,(H,28,29,30)(H,31,32,33);2*1-5H/b19-11-;;. The van der Waals surface area contributed by atoms with Crippen molar-refractivity contribution in [3.05, 3.63) is 137 Å². The Kier molecular flexibility index (Phi) is 10.7. The van der Waals surface area contributed by atoms with E-state index in [4.69, 9.17) is 9.11 Å². The average Bonchev–Trinajstić information content (AvgIpc) is 3.51. The van der Waals surface area contributed by atoms with Crippen LogP contribution in [0.5, 0.6) is 0 Å². The van der Waals surface area contributed by atoms with Crippen molar-refractivity contribution in [3.63, 3.8) is 0 Å². The first kappa shape index (κ1) is 34.3. The molecule has 0 aliphatic carbocycles. The highest BCUT2D eigenvalue weighted by molar-refractivity contribution is 7.86. The number of hydrogen-bond donors (Lipinski definition) is 3. The lowest BCUT2D eigenvalue weighted by Gasteiger charge is -2.11. The van der Waals surface area contributed by atoms with Crippen LogP contribution in [0, 0.1) is 6.92 Å². The number of carbonyl (C=O) groups excluding carboxylic acids is 1. The van der Waals surface area contributed by atoms with Crippen LogP contribution in [-0.2, 0) is 25.0 Å². The van der Waals surface area contributed by atoms with E-state index in [0.717, 1.165) is 34.0 Å². The van der Waals surface area contributed by atoms with Gasteiger partial charge in [-0.3, -0.25) is 33.8 Å². The third kappa shape index (κ3) is 8.80.